The SMILES string of the molecule is COc1ccc(-c2nc(C(=O)OC(C)C(=O)Nc3sccc3C(N)=O)cs2)cc1. The molecule has 2 amide bonds. The molecule has 3 aromatic rings. The zero-order chi connectivity index (χ0) is 21.0. The first-order valence-corrected chi connectivity index (χ1v) is 10.1. The molecule has 29 heavy (non-hydrogen) atoms. The normalized spacial score (nSPS) is 11.5. The van der Waals surface area contributed by atoms with Gasteiger partial charge in [0.25, 0.3) is 11.8 Å². The molecule has 3 rings (SSSR count). The summed E-state index contributed by atoms with van der Waals surface area (Å²) < 4.78 is 10.3. The van der Waals surface area contributed by atoms with E-state index in [4.69, 9.17) is 15.2 Å². The lowest BCUT2D eigenvalue weighted by Gasteiger charge is -2.12. The van der Waals surface area contributed by atoms with Gasteiger partial charge >= 0.3 is 5.97 Å². The monoisotopic (exact) mass is 431 g/mol. The Bertz CT molecular complexity index is 1040. The van der Waals surface area contributed by atoms with Gasteiger partial charge in [-0.3, -0.25) is 9.59 Å². The van der Waals surface area contributed by atoms with Crippen LogP contribution in [-0.2, 0) is 9.53 Å². The van der Waals surface area contributed by atoms with E-state index in [1.54, 1.807) is 30.0 Å². The summed E-state index contributed by atoms with van der Waals surface area (Å²) in [6, 6.07) is 8.77. The summed E-state index contributed by atoms with van der Waals surface area (Å²) in [6.45, 7) is 1.43. The summed E-state index contributed by atoms with van der Waals surface area (Å²) in [5.41, 5.74) is 6.39. The number of thiazole rings is 1. The van der Waals surface area contributed by atoms with E-state index in [2.05, 4.69) is 10.3 Å². The summed E-state index contributed by atoms with van der Waals surface area (Å²) in [7, 11) is 1.58. The topological polar surface area (TPSA) is 121 Å². The zero-order valence-corrected chi connectivity index (χ0v) is 17.1. The van der Waals surface area contributed by atoms with E-state index in [0.717, 1.165) is 22.6 Å². The van der Waals surface area contributed by atoms with E-state index < -0.39 is 23.9 Å². The number of nitrogens with one attached hydrogen (secondary N) is 1. The molecular formula is C19H17N3O5S2. The Balaban J connectivity index is 1.63. The van der Waals surface area contributed by atoms with E-state index in [1.807, 2.05) is 12.1 Å². The number of carbonyl (C=O) groups excluding carboxylic acids is 3. The van der Waals surface area contributed by atoms with Gasteiger partial charge in [0.2, 0.25) is 0 Å². The fourth-order valence-corrected chi connectivity index (χ4v) is 3.91. The van der Waals surface area contributed by atoms with Gasteiger partial charge in [0, 0.05) is 10.9 Å². The van der Waals surface area contributed by atoms with Gasteiger partial charge in [0.05, 0.1) is 12.7 Å². The first kappa shape index (κ1) is 20.5. The summed E-state index contributed by atoms with van der Waals surface area (Å²) in [4.78, 5) is 40.2. The number of aromatic nitrogens is 1. The molecule has 8 nitrogen and oxygen atoms in total. The summed E-state index contributed by atoms with van der Waals surface area (Å²) in [5, 5.41) is 6.68. The number of methoxy groups -OCH3 is 1. The molecule has 0 fully saturated rings. The van der Waals surface area contributed by atoms with Gasteiger partial charge in [-0.1, -0.05) is 0 Å². The summed E-state index contributed by atoms with van der Waals surface area (Å²) >= 11 is 2.44. The summed E-state index contributed by atoms with van der Waals surface area (Å²) in [5.74, 6) is -1.23. The molecule has 3 N–H and O–H groups in total. The van der Waals surface area contributed by atoms with E-state index in [1.165, 1.54) is 24.3 Å². The van der Waals surface area contributed by atoms with Crippen LogP contribution in [-0.4, -0.2) is 36.0 Å². The number of carbonyl (C=O) groups is 3. The van der Waals surface area contributed by atoms with Crippen LogP contribution in [0.1, 0.15) is 27.8 Å². The highest BCUT2D eigenvalue weighted by Gasteiger charge is 2.23. The van der Waals surface area contributed by atoms with Crippen molar-refractivity contribution >= 4 is 45.5 Å². The molecule has 2 aromatic heterocycles. The average Bonchev–Trinajstić information content (AvgIpc) is 3.37. The minimum Gasteiger partial charge on any atom is -0.497 e. The van der Waals surface area contributed by atoms with Crippen molar-refractivity contribution in [1.29, 1.82) is 0 Å². The number of hydrogen-bond acceptors (Lipinski definition) is 8. The predicted octanol–water partition coefficient (Wildman–Crippen LogP) is 3.16. The molecule has 150 valence electrons. The molecule has 10 heteroatoms. The molecule has 1 atom stereocenters. The maximum Gasteiger partial charge on any atom is 0.358 e. The van der Waals surface area contributed by atoms with Crippen LogP contribution < -0.4 is 15.8 Å². The lowest BCUT2D eigenvalue weighted by Crippen LogP contribution is -2.30. The molecule has 0 bridgehead atoms. The Morgan fingerprint density at radius 3 is 2.52 bits per heavy atom. The number of nitrogens with two attached hydrogens (primary N) is 1. The second-order valence-corrected chi connectivity index (χ2v) is 7.61. The maximum absolute atomic E-state index is 12.3. The first-order valence-electron chi connectivity index (χ1n) is 8.38. The average molecular weight is 431 g/mol. The van der Waals surface area contributed by atoms with Gasteiger partial charge in [-0.15, -0.1) is 22.7 Å². The standard InChI is InChI=1S/C19H17N3O5S2/c1-10(16(24)22-18-13(15(20)23)7-8-28-18)27-19(25)14-9-29-17(21-14)11-3-5-12(26-2)6-4-11/h3-10H,1-2H3,(H2,20,23)(H,22,24). The van der Waals surface area contributed by atoms with Crippen molar-refractivity contribution in [1.82, 2.24) is 4.98 Å². The number of rotatable bonds is 7. The number of hydrogen-bond donors (Lipinski definition) is 2. The van der Waals surface area contributed by atoms with Gasteiger partial charge in [0.15, 0.2) is 11.8 Å². The van der Waals surface area contributed by atoms with Crippen molar-refractivity contribution in [3.63, 3.8) is 0 Å². The highest BCUT2D eigenvalue weighted by atomic mass is 32.1. The van der Waals surface area contributed by atoms with E-state index >= 15 is 0 Å². The van der Waals surface area contributed by atoms with Crippen molar-refractivity contribution < 1.29 is 23.9 Å². The van der Waals surface area contributed by atoms with Gasteiger partial charge in [-0.25, -0.2) is 9.78 Å². The molecule has 2 heterocycles. The Kier molecular flexibility index (Phi) is 6.25. The van der Waals surface area contributed by atoms with Crippen molar-refractivity contribution in [2.75, 3.05) is 12.4 Å². The highest BCUT2D eigenvalue weighted by molar-refractivity contribution is 7.14. The molecule has 1 unspecified atom stereocenters. The fraction of sp³-hybridized carbons (Fsp3) is 0.158. The van der Waals surface area contributed by atoms with E-state index in [9.17, 15) is 14.4 Å². The minimum atomic E-state index is -1.09. The smallest absolute Gasteiger partial charge is 0.358 e. The molecule has 0 saturated carbocycles. The highest BCUT2D eigenvalue weighted by Crippen LogP contribution is 2.26. The van der Waals surface area contributed by atoms with Crippen LogP contribution in [0, 0.1) is 0 Å². The number of ether oxygens (including phenoxy) is 2. The Labute approximate surface area is 174 Å². The lowest BCUT2D eigenvalue weighted by molar-refractivity contribution is -0.123. The number of nitrogens with zero attached hydrogens (tertiary/aromatic N) is 1. The van der Waals surface area contributed by atoms with E-state index in [-0.39, 0.29) is 11.3 Å². The third-order valence-corrected chi connectivity index (χ3v) is 5.59. The minimum absolute atomic E-state index is 0.106. The Morgan fingerprint density at radius 2 is 1.86 bits per heavy atom. The first-order chi connectivity index (χ1) is 13.9. The van der Waals surface area contributed by atoms with Crippen LogP contribution in [0.5, 0.6) is 5.75 Å². The lowest BCUT2D eigenvalue weighted by atomic mass is 10.2. The van der Waals surface area contributed by atoms with Gasteiger partial charge in [0.1, 0.15) is 15.8 Å². The van der Waals surface area contributed by atoms with Crippen LogP contribution >= 0.6 is 22.7 Å². The van der Waals surface area contributed by atoms with Crippen LogP contribution in [0.15, 0.2) is 41.1 Å². The second kappa shape index (κ2) is 8.84. The molecule has 0 aliphatic rings. The number of anilines is 1. The molecular weight excluding hydrogens is 414 g/mol. The fourth-order valence-electron chi connectivity index (χ4n) is 2.32. The third-order valence-electron chi connectivity index (χ3n) is 3.87. The predicted molar refractivity (Wildman–Crippen MR) is 110 cm³/mol. The van der Waals surface area contributed by atoms with Crippen LogP contribution in [0.2, 0.25) is 0 Å². The van der Waals surface area contributed by atoms with Crippen LogP contribution in [0.4, 0.5) is 5.00 Å². The third kappa shape index (κ3) is 4.79. The summed E-state index contributed by atoms with van der Waals surface area (Å²) in [6.07, 6.45) is -1.09. The van der Waals surface area contributed by atoms with Crippen LogP contribution in [0.25, 0.3) is 10.6 Å². The number of amides is 2. The molecule has 0 radical (unpaired) electrons. The largest absolute Gasteiger partial charge is 0.497 e. The molecule has 0 aliphatic heterocycles. The molecule has 0 spiro atoms. The second-order valence-electron chi connectivity index (χ2n) is 5.83. The van der Waals surface area contributed by atoms with Crippen LogP contribution in [0.3, 0.4) is 0 Å². The number of primary amides is 1. The van der Waals surface area contributed by atoms with Crippen molar-refractivity contribution in [2.24, 2.45) is 5.73 Å². The van der Waals surface area contributed by atoms with Crippen molar-refractivity contribution in [2.45, 2.75) is 13.0 Å². The van der Waals surface area contributed by atoms with Gasteiger partial charge < -0.3 is 20.5 Å². The number of benzene rings is 1. The number of esters is 1. The van der Waals surface area contributed by atoms with E-state index in [0.29, 0.717) is 10.0 Å². The zero-order valence-electron chi connectivity index (χ0n) is 15.5. The number of thiophene rings is 1. The Morgan fingerprint density at radius 1 is 1.14 bits per heavy atom. The van der Waals surface area contributed by atoms with Crippen molar-refractivity contribution in [3.05, 3.63) is 52.3 Å². The molecule has 0 saturated heterocycles. The van der Waals surface area contributed by atoms with Crippen molar-refractivity contribution in [3.8, 4) is 16.3 Å². The quantitative estimate of drug-likeness (QED) is 0.554. The molecule has 1 aromatic carbocycles. The maximum atomic E-state index is 12.3. The molecule has 0 aliphatic carbocycles. The van der Waals surface area contributed by atoms with Gasteiger partial charge in [-0.05, 0) is 42.6 Å². The van der Waals surface area contributed by atoms with Gasteiger partial charge in [-0.2, -0.15) is 0 Å². The Hall–Kier alpha value is -3.24.